The van der Waals surface area contributed by atoms with Gasteiger partial charge in [-0.2, -0.15) is 5.10 Å². The van der Waals surface area contributed by atoms with Gasteiger partial charge in [0.05, 0.1) is 11.8 Å². The molecule has 0 spiro atoms. The maximum atomic E-state index is 10.7. The Morgan fingerprint density at radius 3 is 2.58 bits per heavy atom. The molecule has 0 aliphatic heterocycles. The van der Waals surface area contributed by atoms with E-state index in [-0.39, 0.29) is 16.9 Å². The number of rotatable bonds is 4. The molecular weight excluding hydrogens is 238 g/mol. The van der Waals surface area contributed by atoms with Crippen LogP contribution in [0, 0.1) is 10.8 Å². The molecule has 1 aromatic rings. The molecule has 0 saturated heterocycles. The fourth-order valence-electron chi connectivity index (χ4n) is 3.41. The predicted octanol–water partition coefficient (Wildman–Crippen LogP) is 1.65. The number of nitrogens with zero attached hydrogens (tertiary/aromatic N) is 2. The lowest BCUT2D eigenvalue weighted by atomic mass is 9.75. The largest absolute Gasteiger partial charge is 0.392 e. The van der Waals surface area contributed by atoms with E-state index in [4.69, 9.17) is 5.73 Å². The highest BCUT2D eigenvalue weighted by molar-refractivity contribution is 5.15. The van der Waals surface area contributed by atoms with Crippen molar-refractivity contribution in [3.05, 3.63) is 17.5 Å². The summed E-state index contributed by atoms with van der Waals surface area (Å²) in [5, 5.41) is 15.2. The average molecular weight is 265 g/mol. The van der Waals surface area contributed by atoms with E-state index in [2.05, 4.69) is 31.9 Å². The Hall–Kier alpha value is -0.870. The Morgan fingerprint density at radius 2 is 2.16 bits per heavy atom. The molecule has 1 saturated carbocycles. The zero-order valence-corrected chi connectivity index (χ0v) is 12.6. The summed E-state index contributed by atoms with van der Waals surface area (Å²) in [6.45, 7) is 6.91. The molecule has 1 fully saturated rings. The molecule has 1 heterocycles. The van der Waals surface area contributed by atoms with Crippen LogP contribution >= 0.6 is 0 Å². The highest BCUT2D eigenvalue weighted by Crippen LogP contribution is 2.50. The molecule has 1 aliphatic carbocycles. The van der Waals surface area contributed by atoms with Gasteiger partial charge in [-0.15, -0.1) is 0 Å². The van der Waals surface area contributed by atoms with Crippen LogP contribution in [0.25, 0.3) is 0 Å². The minimum absolute atomic E-state index is 0.0362. The molecule has 2 rings (SSSR count). The van der Waals surface area contributed by atoms with Crippen LogP contribution in [-0.2, 0) is 19.9 Å². The first-order valence-electron chi connectivity index (χ1n) is 7.24. The molecule has 0 amide bonds. The van der Waals surface area contributed by atoms with Gasteiger partial charge in [-0.3, -0.25) is 4.68 Å². The van der Waals surface area contributed by atoms with Gasteiger partial charge in [0.25, 0.3) is 0 Å². The van der Waals surface area contributed by atoms with Crippen LogP contribution in [0.2, 0.25) is 0 Å². The van der Waals surface area contributed by atoms with Crippen molar-refractivity contribution in [1.29, 1.82) is 0 Å². The molecule has 108 valence electrons. The van der Waals surface area contributed by atoms with E-state index >= 15 is 0 Å². The van der Waals surface area contributed by atoms with Crippen LogP contribution in [0.1, 0.15) is 45.0 Å². The summed E-state index contributed by atoms with van der Waals surface area (Å²) < 4.78 is 1.94. The van der Waals surface area contributed by atoms with Crippen LogP contribution in [0.15, 0.2) is 6.07 Å². The van der Waals surface area contributed by atoms with Crippen LogP contribution in [0.4, 0.5) is 0 Å². The lowest BCUT2D eigenvalue weighted by molar-refractivity contribution is -0.00545. The minimum Gasteiger partial charge on any atom is -0.392 e. The second kappa shape index (κ2) is 4.91. The van der Waals surface area contributed by atoms with Crippen molar-refractivity contribution in [2.45, 2.75) is 52.6 Å². The van der Waals surface area contributed by atoms with E-state index in [1.54, 1.807) is 0 Å². The maximum absolute atomic E-state index is 10.7. The molecule has 1 aromatic heterocycles. The zero-order valence-electron chi connectivity index (χ0n) is 12.6. The quantitative estimate of drug-likeness (QED) is 0.870. The van der Waals surface area contributed by atoms with Gasteiger partial charge in [-0.25, -0.2) is 0 Å². The topological polar surface area (TPSA) is 64.1 Å². The molecular formula is C15H27N3O. The molecule has 2 unspecified atom stereocenters. The number of hydrogen-bond acceptors (Lipinski definition) is 3. The maximum Gasteiger partial charge on any atom is 0.0663 e. The minimum atomic E-state index is -0.343. The molecule has 0 radical (unpaired) electrons. The Kier molecular flexibility index (Phi) is 3.76. The van der Waals surface area contributed by atoms with E-state index in [0.29, 0.717) is 6.54 Å². The Morgan fingerprint density at radius 1 is 1.47 bits per heavy atom. The van der Waals surface area contributed by atoms with Crippen molar-refractivity contribution in [2.75, 3.05) is 6.54 Å². The smallest absolute Gasteiger partial charge is 0.0663 e. The fraction of sp³-hybridized carbons (Fsp3) is 0.800. The van der Waals surface area contributed by atoms with Gasteiger partial charge in [-0.1, -0.05) is 20.8 Å². The van der Waals surface area contributed by atoms with Crippen molar-refractivity contribution < 1.29 is 5.11 Å². The molecule has 0 bridgehead atoms. The monoisotopic (exact) mass is 265 g/mol. The molecule has 1 aliphatic rings. The van der Waals surface area contributed by atoms with Crippen LogP contribution in [-0.4, -0.2) is 27.5 Å². The Balaban J connectivity index is 2.26. The summed E-state index contributed by atoms with van der Waals surface area (Å²) in [6.07, 6.45) is 3.44. The van der Waals surface area contributed by atoms with Crippen molar-refractivity contribution in [2.24, 2.45) is 23.6 Å². The van der Waals surface area contributed by atoms with Crippen LogP contribution in [0.5, 0.6) is 0 Å². The normalized spacial score (nSPS) is 29.9. The summed E-state index contributed by atoms with van der Waals surface area (Å²) in [5.74, 6) is 0. The number of aliphatic hydroxyl groups is 1. The first-order valence-corrected chi connectivity index (χ1v) is 7.24. The first kappa shape index (κ1) is 14.5. The van der Waals surface area contributed by atoms with Crippen molar-refractivity contribution in [1.82, 2.24) is 9.78 Å². The van der Waals surface area contributed by atoms with Gasteiger partial charge in [0.1, 0.15) is 0 Å². The highest BCUT2D eigenvalue weighted by Gasteiger charge is 2.51. The van der Waals surface area contributed by atoms with E-state index in [9.17, 15) is 5.11 Å². The second-order valence-corrected chi connectivity index (χ2v) is 6.74. The van der Waals surface area contributed by atoms with Crippen molar-refractivity contribution in [3.63, 3.8) is 0 Å². The number of hydrogen-bond donors (Lipinski definition) is 2. The lowest BCUT2D eigenvalue weighted by Gasteiger charge is -2.35. The third-order valence-electron chi connectivity index (χ3n) is 4.92. The average Bonchev–Trinajstić information content (AvgIpc) is 2.83. The Labute approximate surface area is 116 Å². The first-order chi connectivity index (χ1) is 8.84. The molecule has 4 heteroatoms. The standard InChI is InChI=1S/C15H27N3O/c1-5-11-8-12(18(4)17-11)9-15(10-16)7-6-14(2,3)13(15)19/h8,13,19H,5-7,9-10,16H2,1-4H3. The van der Waals surface area contributed by atoms with E-state index in [1.165, 1.54) is 5.69 Å². The molecule has 3 N–H and O–H groups in total. The van der Waals surface area contributed by atoms with E-state index in [0.717, 1.165) is 31.4 Å². The number of aromatic nitrogens is 2. The van der Waals surface area contributed by atoms with Crippen molar-refractivity contribution >= 4 is 0 Å². The third kappa shape index (κ3) is 2.43. The predicted molar refractivity (Wildman–Crippen MR) is 76.8 cm³/mol. The number of aliphatic hydroxyl groups excluding tert-OH is 1. The van der Waals surface area contributed by atoms with Gasteiger partial charge in [-0.05, 0) is 37.2 Å². The van der Waals surface area contributed by atoms with Gasteiger partial charge >= 0.3 is 0 Å². The van der Waals surface area contributed by atoms with E-state index < -0.39 is 0 Å². The molecule has 0 aromatic carbocycles. The summed E-state index contributed by atoms with van der Waals surface area (Å²) in [4.78, 5) is 0. The second-order valence-electron chi connectivity index (χ2n) is 6.74. The summed E-state index contributed by atoms with van der Waals surface area (Å²) >= 11 is 0. The summed E-state index contributed by atoms with van der Waals surface area (Å²) in [6, 6.07) is 2.15. The third-order valence-corrected chi connectivity index (χ3v) is 4.92. The van der Waals surface area contributed by atoms with Gasteiger partial charge < -0.3 is 10.8 Å². The Bertz CT molecular complexity index is 452. The zero-order chi connectivity index (χ0) is 14.3. The van der Waals surface area contributed by atoms with Crippen molar-refractivity contribution in [3.8, 4) is 0 Å². The number of nitrogens with two attached hydrogens (primary N) is 1. The van der Waals surface area contributed by atoms with Gasteiger partial charge in [0, 0.05) is 24.7 Å². The molecule has 19 heavy (non-hydrogen) atoms. The molecule has 4 nitrogen and oxygen atoms in total. The SMILES string of the molecule is CCc1cc(CC2(CN)CCC(C)(C)C2O)n(C)n1. The van der Waals surface area contributed by atoms with Crippen LogP contribution < -0.4 is 5.73 Å². The highest BCUT2D eigenvalue weighted by atomic mass is 16.3. The van der Waals surface area contributed by atoms with Crippen LogP contribution in [0.3, 0.4) is 0 Å². The molecule has 2 atom stereocenters. The van der Waals surface area contributed by atoms with E-state index in [1.807, 2.05) is 11.7 Å². The number of aryl methyl sites for hydroxylation is 2. The summed E-state index contributed by atoms with van der Waals surface area (Å²) in [5.41, 5.74) is 8.09. The van der Waals surface area contributed by atoms with Gasteiger partial charge in [0.15, 0.2) is 0 Å². The van der Waals surface area contributed by atoms with Gasteiger partial charge in [0.2, 0.25) is 0 Å². The lowest BCUT2D eigenvalue weighted by Crippen LogP contribution is -2.44. The fourth-order valence-corrected chi connectivity index (χ4v) is 3.41. The summed E-state index contributed by atoms with van der Waals surface area (Å²) in [7, 11) is 1.98.